The molecular weight excluding hydrogens is 258 g/mol. The van der Waals surface area contributed by atoms with Crippen molar-refractivity contribution in [1.29, 1.82) is 0 Å². The Morgan fingerprint density at radius 2 is 1.62 bits per heavy atom. The Balaban J connectivity index is 1.95. The summed E-state index contributed by atoms with van der Waals surface area (Å²) >= 11 is 0. The quantitative estimate of drug-likeness (QED) is 0.837. The van der Waals surface area contributed by atoms with E-state index in [0.717, 1.165) is 24.5 Å². The molecule has 2 aromatic rings. The van der Waals surface area contributed by atoms with E-state index in [9.17, 15) is 0 Å². The molecule has 0 aliphatic carbocycles. The first-order valence-electron chi connectivity index (χ1n) is 7.81. The molecule has 0 aliphatic heterocycles. The predicted molar refractivity (Wildman–Crippen MR) is 88.5 cm³/mol. The van der Waals surface area contributed by atoms with Crippen LogP contribution in [0.5, 0.6) is 0 Å². The molecule has 0 radical (unpaired) electrons. The van der Waals surface area contributed by atoms with Gasteiger partial charge in [0.2, 0.25) is 0 Å². The molecule has 1 aromatic heterocycles. The highest BCUT2D eigenvalue weighted by Crippen LogP contribution is 2.24. The molecule has 0 amide bonds. The molecule has 0 aliphatic rings. The first-order chi connectivity index (χ1) is 9.90. The number of hydrogen-bond donors (Lipinski definition) is 1. The van der Waals surface area contributed by atoms with Crippen molar-refractivity contribution in [3.8, 4) is 0 Å². The number of rotatable bonds is 5. The summed E-state index contributed by atoms with van der Waals surface area (Å²) in [6.45, 7) is 11.8. The van der Waals surface area contributed by atoms with Gasteiger partial charge in [-0.05, 0) is 35.6 Å². The lowest BCUT2D eigenvalue weighted by Gasteiger charge is -2.20. The lowest BCUT2D eigenvalue weighted by molar-refractivity contribution is 0.435. The third-order valence-electron chi connectivity index (χ3n) is 3.92. The zero-order valence-electron chi connectivity index (χ0n) is 13.9. The predicted octanol–water partition coefficient (Wildman–Crippen LogP) is 4.99. The van der Waals surface area contributed by atoms with Crippen molar-refractivity contribution in [1.82, 2.24) is 5.32 Å². The van der Waals surface area contributed by atoms with E-state index in [-0.39, 0.29) is 5.41 Å². The zero-order chi connectivity index (χ0) is 15.5. The molecule has 1 N–H and O–H groups in total. The van der Waals surface area contributed by atoms with Crippen LogP contribution in [0.1, 0.15) is 63.3 Å². The molecule has 1 heterocycles. The van der Waals surface area contributed by atoms with Gasteiger partial charge in [-0.25, -0.2) is 0 Å². The molecule has 0 bridgehead atoms. The van der Waals surface area contributed by atoms with Crippen molar-refractivity contribution < 1.29 is 4.42 Å². The zero-order valence-corrected chi connectivity index (χ0v) is 13.9. The highest BCUT2D eigenvalue weighted by atomic mass is 16.3. The standard InChI is InChI=1S/C19H27NO/c1-6-17-11-12-18(21-17)13-20-14(2)15-7-9-16(10-8-15)19(3,4)5/h7-12,14,20H,6,13H2,1-5H3. The Bertz CT molecular complexity index is 560. The van der Waals surface area contributed by atoms with Gasteiger partial charge in [-0.15, -0.1) is 0 Å². The molecule has 114 valence electrons. The van der Waals surface area contributed by atoms with Gasteiger partial charge >= 0.3 is 0 Å². The van der Waals surface area contributed by atoms with E-state index in [1.54, 1.807) is 0 Å². The summed E-state index contributed by atoms with van der Waals surface area (Å²) in [5.41, 5.74) is 2.89. The van der Waals surface area contributed by atoms with E-state index in [1.165, 1.54) is 11.1 Å². The average molecular weight is 285 g/mol. The molecule has 0 spiro atoms. The van der Waals surface area contributed by atoms with Gasteiger partial charge in [0.1, 0.15) is 11.5 Å². The largest absolute Gasteiger partial charge is 0.465 e. The van der Waals surface area contributed by atoms with Gasteiger partial charge in [0.15, 0.2) is 0 Å². The summed E-state index contributed by atoms with van der Waals surface area (Å²) in [5.74, 6) is 2.05. The van der Waals surface area contributed by atoms with Gasteiger partial charge in [0.25, 0.3) is 0 Å². The molecule has 1 atom stereocenters. The smallest absolute Gasteiger partial charge is 0.117 e. The van der Waals surface area contributed by atoms with Crippen LogP contribution < -0.4 is 5.32 Å². The molecule has 1 unspecified atom stereocenters. The second-order valence-electron chi connectivity index (χ2n) is 6.70. The third-order valence-corrected chi connectivity index (χ3v) is 3.92. The lowest BCUT2D eigenvalue weighted by Crippen LogP contribution is -2.18. The second-order valence-corrected chi connectivity index (χ2v) is 6.70. The fourth-order valence-electron chi connectivity index (χ4n) is 2.35. The minimum absolute atomic E-state index is 0.208. The normalized spacial score (nSPS) is 13.4. The van der Waals surface area contributed by atoms with Crippen molar-refractivity contribution in [3.05, 3.63) is 59.0 Å². The number of hydrogen-bond acceptors (Lipinski definition) is 2. The summed E-state index contributed by atoms with van der Waals surface area (Å²) < 4.78 is 5.72. The van der Waals surface area contributed by atoms with Crippen LogP contribution >= 0.6 is 0 Å². The van der Waals surface area contributed by atoms with Gasteiger partial charge in [-0.2, -0.15) is 0 Å². The minimum Gasteiger partial charge on any atom is -0.465 e. The maximum Gasteiger partial charge on any atom is 0.117 e. The van der Waals surface area contributed by atoms with Crippen molar-refractivity contribution in [2.75, 3.05) is 0 Å². The van der Waals surface area contributed by atoms with E-state index in [4.69, 9.17) is 4.42 Å². The van der Waals surface area contributed by atoms with Crippen molar-refractivity contribution in [3.63, 3.8) is 0 Å². The molecule has 1 aromatic carbocycles. The van der Waals surface area contributed by atoms with E-state index in [2.05, 4.69) is 76.3 Å². The van der Waals surface area contributed by atoms with Crippen LogP contribution in [0.15, 0.2) is 40.8 Å². The first-order valence-corrected chi connectivity index (χ1v) is 7.81. The Hall–Kier alpha value is -1.54. The summed E-state index contributed by atoms with van der Waals surface area (Å²) in [6, 6.07) is 13.3. The molecule has 0 saturated carbocycles. The maximum atomic E-state index is 5.72. The molecule has 0 fully saturated rings. The van der Waals surface area contributed by atoms with Crippen LogP contribution in [0.3, 0.4) is 0 Å². The highest BCUT2D eigenvalue weighted by Gasteiger charge is 2.14. The lowest BCUT2D eigenvalue weighted by atomic mass is 9.86. The van der Waals surface area contributed by atoms with E-state index in [0.29, 0.717) is 6.04 Å². The molecule has 0 saturated heterocycles. The first kappa shape index (κ1) is 15.8. The monoisotopic (exact) mass is 285 g/mol. The van der Waals surface area contributed by atoms with Crippen LogP contribution in [-0.4, -0.2) is 0 Å². The van der Waals surface area contributed by atoms with Crippen molar-refractivity contribution in [2.45, 2.75) is 59.0 Å². The average Bonchev–Trinajstić information content (AvgIpc) is 2.92. The number of furan rings is 1. The van der Waals surface area contributed by atoms with E-state index in [1.807, 2.05) is 0 Å². The van der Waals surface area contributed by atoms with E-state index < -0.39 is 0 Å². The van der Waals surface area contributed by atoms with Gasteiger partial charge < -0.3 is 9.73 Å². The van der Waals surface area contributed by atoms with Crippen LogP contribution in [-0.2, 0) is 18.4 Å². The summed E-state index contributed by atoms with van der Waals surface area (Å²) in [4.78, 5) is 0. The second kappa shape index (κ2) is 6.48. The number of aryl methyl sites for hydroxylation is 1. The molecule has 21 heavy (non-hydrogen) atoms. The van der Waals surface area contributed by atoms with Crippen LogP contribution in [0.4, 0.5) is 0 Å². The Morgan fingerprint density at radius 1 is 1.00 bits per heavy atom. The topological polar surface area (TPSA) is 25.2 Å². The van der Waals surface area contributed by atoms with Crippen molar-refractivity contribution in [2.24, 2.45) is 0 Å². The van der Waals surface area contributed by atoms with E-state index >= 15 is 0 Å². The molecule has 2 heteroatoms. The highest BCUT2D eigenvalue weighted by molar-refractivity contribution is 5.29. The van der Waals surface area contributed by atoms with Crippen LogP contribution in [0, 0.1) is 0 Å². The summed E-state index contributed by atoms with van der Waals surface area (Å²) in [6.07, 6.45) is 0.948. The maximum absolute atomic E-state index is 5.72. The van der Waals surface area contributed by atoms with Gasteiger partial charge in [-0.3, -0.25) is 0 Å². The summed E-state index contributed by atoms with van der Waals surface area (Å²) in [7, 11) is 0. The molecule has 2 nitrogen and oxygen atoms in total. The minimum atomic E-state index is 0.208. The number of benzene rings is 1. The summed E-state index contributed by atoms with van der Waals surface area (Å²) in [5, 5.41) is 3.52. The Labute approximate surface area is 128 Å². The fraction of sp³-hybridized carbons (Fsp3) is 0.474. The van der Waals surface area contributed by atoms with Crippen molar-refractivity contribution >= 4 is 0 Å². The Kier molecular flexibility index (Phi) is 4.89. The Morgan fingerprint density at radius 3 is 2.14 bits per heavy atom. The van der Waals surface area contributed by atoms with Gasteiger partial charge in [-0.1, -0.05) is 52.0 Å². The van der Waals surface area contributed by atoms with Crippen LogP contribution in [0.25, 0.3) is 0 Å². The number of nitrogens with one attached hydrogen (secondary N) is 1. The van der Waals surface area contributed by atoms with Crippen LogP contribution in [0.2, 0.25) is 0 Å². The molecule has 2 rings (SSSR count). The fourth-order valence-corrected chi connectivity index (χ4v) is 2.35. The van der Waals surface area contributed by atoms with Gasteiger partial charge in [0.05, 0.1) is 6.54 Å². The van der Waals surface area contributed by atoms with Gasteiger partial charge in [0, 0.05) is 12.5 Å². The molecular formula is C19H27NO. The SMILES string of the molecule is CCc1ccc(CNC(C)c2ccc(C(C)(C)C)cc2)o1. The third kappa shape index (κ3) is 4.21.